The minimum absolute atomic E-state index is 0.165. The Hall–Kier alpha value is -0.900. The minimum atomic E-state index is -0.165. The minimum Gasteiger partial charge on any atom is -0.465 e. The highest BCUT2D eigenvalue weighted by Gasteiger charge is 2.63. The molecule has 4 saturated carbocycles. The van der Waals surface area contributed by atoms with Gasteiger partial charge in [-0.05, 0) is 98.2 Å². The lowest BCUT2D eigenvalue weighted by Crippen LogP contribution is -2.58. The predicted octanol–water partition coefficient (Wildman–Crippen LogP) is 6.81. The molecule has 0 spiro atoms. The highest BCUT2D eigenvalue weighted by atomic mass is 16.5. The molecule has 0 aliphatic heterocycles. The summed E-state index contributed by atoms with van der Waals surface area (Å²) in [5.74, 6) is 4.71. The molecule has 35 heavy (non-hydrogen) atoms. The summed E-state index contributed by atoms with van der Waals surface area (Å²) in [6.45, 7) is 14.9. The quantitative estimate of drug-likeness (QED) is 0.363. The third-order valence-electron chi connectivity index (χ3n) is 11.5. The Morgan fingerprint density at radius 3 is 2.46 bits per heavy atom. The van der Waals surface area contributed by atoms with Gasteiger partial charge in [0.1, 0.15) is 5.78 Å². The zero-order chi connectivity index (χ0) is 25.4. The molecule has 0 amide bonds. The van der Waals surface area contributed by atoms with Crippen LogP contribution in [0.5, 0.6) is 0 Å². The first kappa shape index (κ1) is 27.1. The number of carbonyl (C=O) groups is 2. The maximum atomic E-state index is 13.8. The Morgan fingerprint density at radius 2 is 1.74 bits per heavy atom. The topological polar surface area (TPSA) is 55.4 Å². The van der Waals surface area contributed by atoms with Crippen LogP contribution in [0.4, 0.5) is 0 Å². The van der Waals surface area contributed by atoms with Crippen molar-refractivity contribution in [1.29, 1.82) is 0 Å². The van der Waals surface area contributed by atoms with Crippen molar-refractivity contribution in [3.63, 3.8) is 0 Å². The number of ether oxygens (including phenoxy) is 1. The molecular formula is C31H53NO3. The molecule has 4 aliphatic rings. The van der Waals surface area contributed by atoms with Crippen molar-refractivity contribution in [2.75, 3.05) is 13.2 Å². The summed E-state index contributed by atoms with van der Waals surface area (Å²) < 4.78 is 5.10. The van der Waals surface area contributed by atoms with Gasteiger partial charge in [-0.3, -0.25) is 9.59 Å². The molecule has 0 aromatic heterocycles. The number of carbonyl (C=O) groups excluding carboxylic acids is 2. The van der Waals surface area contributed by atoms with Gasteiger partial charge in [-0.25, -0.2) is 0 Å². The van der Waals surface area contributed by atoms with Crippen molar-refractivity contribution in [2.24, 2.45) is 52.3 Å². The van der Waals surface area contributed by atoms with Gasteiger partial charge in [0.2, 0.25) is 0 Å². The first-order valence-electron chi connectivity index (χ1n) is 15.0. The molecule has 9 atom stereocenters. The number of Topliss-reactive ketones (excluding diaryl/α,β-unsaturated/α-hetero) is 1. The summed E-state index contributed by atoms with van der Waals surface area (Å²) in [4.78, 5) is 25.6. The van der Waals surface area contributed by atoms with Gasteiger partial charge < -0.3 is 10.1 Å². The lowest BCUT2D eigenvalue weighted by Gasteiger charge is -2.60. The number of fused-ring (bicyclic) bond motifs is 5. The second-order valence-electron chi connectivity index (χ2n) is 13.8. The summed E-state index contributed by atoms with van der Waals surface area (Å²) in [5, 5.41) is 3.44. The molecule has 0 aromatic rings. The maximum Gasteiger partial charge on any atom is 0.319 e. The highest BCUT2D eigenvalue weighted by Crippen LogP contribution is 2.67. The Morgan fingerprint density at radius 1 is 1.03 bits per heavy atom. The molecule has 4 heteroatoms. The Kier molecular flexibility index (Phi) is 8.40. The molecule has 0 aromatic carbocycles. The van der Waals surface area contributed by atoms with Crippen LogP contribution < -0.4 is 5.32 Å². The van der Waals surface area contributed by atoms with E-state index in [1.165, 1.54) is 51.4 Å². The van der Waals surface area contributed by atoms with Crippen molar-refractivity contribution < 1.29 is 14.3 Å². The number of rotatable bonds is 9. The van der Waals surface area contributed by atoms with E-state index in [-0.39, 0.29) is 11.4 Å². The molecule has 0 heterocycles. The van der Waals surface area contributed by atoms with Crippen molar-refractivity contribution in [2.45, 2.75) is 118 Å². The first-order chi connectivity index (χ1) is 16.6. The average molecular weight is 488 g/mol. The zero-order valence-electron chi connectivity index (χ0n) is 23.5. The molecule has 0 bridgehead atoms. The van der Waals surface area contributed by atoms with Crippen molar-refractivity contribution in [1.82, 2.24) is 5.32 Å². The Balaban J connectivity index is 1.42. The lowest BCUT2D eigenvalue weighted by atomic mass is 9.44. The first-order valence-corrected chi connectivity index (χ1v) is 15.0. The summed E-state index contributed by atoms with van der Waals surface area (Å²) >= 11 is 0. The summed E-state index contributed by atoms with van der Waals surface area (Å²) in [7, 11) is 0. The van der Waals surface area contributed by atoms with Crippen LogP contribution in [0.3, 0.4) is 0 Å². The molecular weight excluding hydrogens is 434 g/mol. The van der Waals surface area contributed by atoms with Crippen molar-refractivity contribution in [3.05, 3.63) is 0 Å². The molecule has 200 valence electrons. The smallest absolute Gasteiger partial charge is 0.319 e. The van der Waals surface area contributed by atoms with Crippen LogP contribution >= 0.6 is 0 Å². The van der Waals surface area contributed by atoms with Crippen LogP contribution in [0.1, 0.15) is 112 Å². The molecule has 4 aliphatic carbocycles. The average Bonchev–Trinajstić information content (AvgIpc) is 3.15. The van der Waals surface area contributed by atoms with Crippen LogP contribution in [-0.4, -0.2) is 30.9 Å². The fourth-order valence-electron chi connectivity index (χ4n) is 9.58. The molecule has 4 rings (SSSR count). The normalized spacial score (nSPS) is 41.7. The summed E-state index contributed by atoms with van der Waals surface area (Å²) in [6.07, 6.45) is 13.3. The van der Waals surface area contributed by atoms with Gasteiger partial charge in [-0.1, -0.05) is 53.9 Å². The van der Waals surface area contributed by atoms with Gasteiger partial charge in [-0.15, -0.1) is 0 Å². The van der Waals surface area contributed by atoms with Crippen LogP contribution in [0, 0.1) is 52.3 Å². The van der Waals surface area contributed by atoms with E-state index in [9.17, 15) is 9.59 Å². The summed E-state index contributed by atoms with van der Waals surface area (Å²) in [6, 6.07) is 0.332. The largest absolute Gasteiger partial charge is 0.465 e. The molecule has 1 N–H and O–H groups in total. The van der Waals surface area contributed by atoms with E-state index in [0.717, 1.165) is 37.0 Å². The highest BCUT2D eigenvalue weighted by molar-refractivity contribution is 5.83. The number of ketones is 1. The third kappa shape index (κ3) is 5.25. The molecule has 4 nitrogen and oxygen atoms in total. The van der Waals surface area contributed by atoms with E-state index < -0.39 is 0 Å². The summed E-state index contributed by atoms with van der Waals surface area (Å²) in [5.41, 5.74) is 0.638. The van der Waals surface area contributed by atoms with Gasteiger partial charge in [0.15, 0.2) is 0 Å². The van der Waals surface area contributed by atoms with Gasteiger partial charge in [0, 0.05) is 18.4 Å². The fraction of sp³-hybridized carbons (Fsp3) is 0.935. The number of hydrogen-bond acceptors (Lipinski definition) is 4. The third-order valence-corrected chi connectivity index (χ3v) is 11.5. The molecule has 4 fully saturated rings. The van der Waals surface area contributed by atoms with Gasteiger partial charge in [-0.2, -0.15) is 0 Å². The van der Waals surface area contributed by atoms with Gasteiger partial charge in [0.05, 0.1) is 13.2 Å². The standard InChI is InChI=1S/C31H53NO3/c1-7-35-28(34)19-32-23-13-15-30(5)22(17-23)18-27(33)29-25-12-11-24(21(4)10-8-9-20(2)3)31(25,6)16-14-26(29)30/h20-26,29,32H,7-19H2,1-6H3/t21-,22-,23-,24-,25?,26?,29?,30+,31-/m1/s1. The van der Waals surface area contributed by atoms with Gasteiger partial charge >= 0.3 is 5.97 Å². The van der Waals surface area contributed by atoms with E-state index in [2.05, 4.69) is 39.9 Å². The molecule has 0 radical (unpaired) electrons. The number of esters is 1. The number of hydrogen-bond donors (Lipinski definition) is 1. The Labute approximate surface area is 215 Å². The monoisotopic (exact) mass is 487 g/mol. The SMILES string of the molecule is CCOC(=O)CN[C@@H]1CC[C@]2(C)C3CC[C@@]4(C)C(CC[C@@H]4[C@H](C)CCCC(C)C)C3C(=O)C[C@H]2C1. The van der Waals surface area contributed by atoms with E-state index in [0.29, 0.717) is 54.1 Å². The van der Waals surface area contributed by atoms with Crippen LogP contribution in [0.25, 0.3) is 0 Å². The lowest BCUT2D eigenvalue weighted by molar-refractivity contribution is -0.158. The van der Waals surface area contributed by atoms with Gasteiger partial charge in [0.25, 0.3) is 0 Å². The number of nitrogens with one attached hydrogen (secondary N) is 1. The van der Waals surface area contributed by atoms with Crippen LogP contribution in [-0.2, 0) is 14.3 Å². The zero-order valence-corrected chi connectivity index (χ0v) is 23.5. The second kappa shape index (κ2) is 10.8. The predicted molar refractivity (Wildman–Crippen MR) is 142 cm³/mol. The molecule has 3 unspecified atom stereocenters. The molecule has 0 saturated heterocycles. The van der Waals surface area contributed by atoms with Crippen molar-refractivity contribution in [3.8, 4) is 0 Å². The van der Waals surface area contributed by atoms with Crippen LogP contribution in [0.2, 0.25) is 0 Å². The van der Waals surface area contributed by atoms with E-state index >= 15 is 0 Å². The van der Waals surface area contributed by atoms with E-state index in [4.69, 9.17) is 4.74 Å². The van der Waals surface area contributed by atoms with Crippen LogP contribution in [0.15, 0.2) is 0 Å². The Bertz CT molecular complexity index is 764. The van der Waals surface area contributed by atoms with Crippen molar-refractivity contribution >= 4 is 11.8 Å². The second-order valence-corrected chi connectivity index (χ2v) is 13.8. The maximum absolute atomic E-state index is 13.8. The van der Waals surface area contributed by atoms with E-state index in [1.54, 1.807) is 0 Å². The van der Waals surface area contributed by atoms with E-state index in [1.807, 2.05) is 6.92 Å². The fourth-order valence-corrected chi connectivity index (χ4v) is 9.58.